The lowest BCUT2D eigenvalue weighted by atomic mass is 9.84. The zero-order valence-corrected chi connectivity index (χ0v) is 22.7. The molecule has 3 atom stereocenters. The van der Waals surface area contributed by atoms with Crippen LogP contribution in [0.1, 0.15) is 46.2 Å². The van der Waals surface area contributed by atoms with E-state index in [-0.39, 0.29) is 29.0 Å². The Hall–Kier alpha value is -2.41. The molecule has 0 N–H and O–H groups in total. The lowest BCUT2D eigenvalue weighted by molar-refractivity contribution is 0.163. The number of sulfonamides is 1. The maximum Gasteiger partial charge on any atom is 0.330 e. The third kappa shape index (κ3) is 5.25. The molecule has 4 rings (SSSR count). The molecule has 2 aromatic heterocycles. The summed E-state index contributed by atoms with van der Waals surface area (Å²) in [5.41, 5.74) is 3.44. The molecule has 1 saturated heterocycles. The Kier molecular flexibility index (Phi) is 6.77. The topological polar surface area (TPSA) is 80.4 Å². The Morgan fingerprint density at radius 3 is 2.43 bits per heavy atom. The average molecular weight is 500 g/mol. The molecule has 0 saturated carbocycles. The highest BCUT2D eigenvalue weighted by molar-refractivity contribution is 7.88. The fourth-order valence-electron chi connectivity index (χ4n) is 4.97. The third-order valence-corrected chi connectivity index (χ3v) is 8.36. The summed E-state index contributed by atoms with van der Waals surface area (Å²) in [4.78, 5) is 20.2. The maximum atomic E-state index is 12.9. The van der Waals surface area contributed by atoms with Crippen molar-refractivity contribution in [2.24, 2.45) is 18.4 Å². The minimum absolute atomic E-state index is 0.0230. The van der Waals surface area contributed by atoms with Crippen LogP contribution in [0.25, 0.3) is 11.2 Å². The van der Waals surface area contributed by atoms with Crippen molar-refractivity contribution in [3.8, 4) is 11.8 Å². The molecule has 1 fully saturated rings. The van der Waals surface area contributed by atoms with Crippen LogP contribution in [0.15, 0.2) is 28.6 Å². The summed E-state index contributed by atoms with van der Waals surface area (Å²) < 4.78 is 28.7. The summed E-state index contributed by atoms with van der Waals surface area (Å²) in [5, 5.41) is 0. The minimum atomic E-state index is -3.16. The molecule has 35 heavy (non-hydrogen) atoms. The highest BCUT2D eigenvalue weighted by Crippen LogP contribution is 2.31. The third-order valence-electron chi connectivity index (χ3n) is 7.06. The molecular weight excluding hydrogens is 462 g/mol. The number of piperazine rings is 1. The smallest absolute Gasteiger partial charge is 0.293 e. The number of aromatic nitrogens is 3. The Labute approximate surface area is 208 Å². The molecule has 9 heteroatoms. The zero-order chi connectivity index (χ0) is 25.7. The number of imidazole rings is 1. The van der Waals surface area contributed by atoms with E-state index in [1.807, 2.05) is 16.7 Å². The molecule has 0 bridgehead atoms. The van der Waals surface area contributed by atoms with Gasteiger partial charge in [0.25, 0.3) is 0 Å². The van der Waals surface area contributed by atoms with E-state index in [9.17, 15) is 13.2 Å². The Bertz CT molecular complexity index is 1380. The van der Waals surface area contributed by atoms with E-state index in [0.29, 0.717) is 38.4 Å². The van der Waals surface area contributed by atoms with Crippen LogP contribution in [0.2, 0.25) is 0 Å². The fraction of sp³-hybridized carbons (Fsp3) is 0.615. The van der Waals surface area contributed by atoms with Crippen LogP contribution in [0.3, 0.4) is 0 Å². The van der Waals surface area contributed by atoms with Gasteiger partial charge in [0.1, 0.15) is 0 Å². The van der Waals surface area contributed by atoms with Gasteiger partial charge >= 0.3 is 5.69 Å². The number of pyridine rings is 1. The van der Waals surface area contributed by atoms with Gasteiger partial charge in [0.2, 0.25) is 10.0 Å². The summed E-state index contributed by atoms with van der Waals surface area (Å²) in [5.74, 6) is 6.85. The van der Waals surface area contributed by atoms with Crippen LogP contribution >= 0.6 is 0 Å². The minimum Gasteiger partial charge on any atom is -0.293 e. The standard InChI is InChI=1S/C26H37N5O3S/c1-18-8-9-20(19(2)29-12-14-30(15-13-29)35(7,33)34)16-21(18)22-10-11-23-24(27-22)28(6)25(32)31(23)17-26(3,4)5/h10-11,16,18-19,21H,12-15,17H2,1-7H3. The highest BCUT2D eigenvalue weighted by Gasteiger charge is 2.30. The van der Waals surface area contributed by atoms with Gasteiger partial charge < -0.3 is 0 Å². The van der Waals surface area contributed by atoms with Gasteiger partial charge in [-0.25, -0.2) is 18.2 Å². The normalized spacial score (nSPS) is 23.1. The fourth-order valence-corrected chi connectivity index (χ4v) is 5.80. The second kappa shape index (κ2) is 9.23. The molecule has 1 aliphatic heterocycles. The zero-order valence-electron chi connectivity index (χ0n) is 21.9. The first-order valence-electron chi connectivity index (χ1n) is 12.2. The molecule has 0 spiro atoms. The molecule has 3 heterocycles. The first-order valence-corrected chi connectivity index (χ1v) is 14.1. The number of hydrogen-bond acceptors (Lipinski definition) is 5. The van der Waals surface area contributed by atoms with Crippen molar-refractivity contribution < 1.29 is 8.42 Å². The van der Waals surface area contributed by atoms with Crippen LogP contribution in [0, 0.1) is 23.2 Å². The molecule has 3 unspecified atom stereocenters. The summed E-state index contributed by atoms with van der Waals surface area (Å²) in [7, 11) is -1.37. The number of nitrogens with zero attached hydrogens (tertiary/aromatic N) is 5. The molecule has 2 aromatic rings. The molecule has 8 nitrogen and oxygen atoms in total. The van der Waals surface area contributed by atoms with E-state index in [1.54, 1.807) is 11.6 Å². The Morgan fingerprint density at radius 2 is 1.83 bits per heavy atom. The van der Waals surface area contributed by atoms with Crippen molar-refractivity contribution in [3.05, 3.63) is 40.0 Å². The molecular formula is C26H37N5O3S. The lowest BCUT2D eigenvalue weighted by Gasteiger charge is -2.37. The lowest BCUT2D eigenvalue weighted by Crippen LogP contribution is -2.51. The van der Waals surface area contributed by atoms with Gasteiger partial charge in [0.15, 0.2) is 5.65 Å². The van der Waals surface area contributed by atoms with Crippen molar-refractivity contribution in [3.63, 3.8) is 0 Å². The van der Waals surface area contributed by atoms with E-state index in [2.05, 4.69) is 57.4 Å². The Morgan fingerprint density at radius 1 is 1.17 bits per heavy atom. The van der Waals surface area contributed by atoms with Gasteiger partial charge in [-0.15, -0.1) is 0 Å². The van der Waals surface area contributed by atoms with E-state index in [1.165, 1.54) is 10.6 Å². The highest BCUT2D eigenvalue weighted by atomic mass is 32.2. The van der Waals surface area contributed by atoms with E-state index < -0.39 is 10.0 Å². The predicted octanol–water partition coefficient (Wildman–Crippen LogP) is 2.41. The van der Waals surface area contributed by atoms with Crippen LogP contribution in [-0.4, -0.2) is 70.2 Å². The average Bonchev–Trinajstić information content (AvgIpc) is 3.01. The monoisotopic (exact) mass is 499 g/mol. The molecule has 2 aliphatic rings. The molecule has 1 aliphatic carbocycles. The summed E-state index contributed by atoms with van der Waals surface area (Å²) in [6.07, 6.45) is 3.48. The number of rotatable bonds is 5. The van der Waals surface area contributed by atoms with E-state index in [4.69, 9.17) is 4.98 Å². The number of hydrogen-bond donors (Lipinski definition) is 0. The van der Waals surface area contributed by atoms with Crippen LogP contribution < -0.4 is 5.69 Å². The van der Waals surface area contributed by atoms with Gasteiger partial charge in [-0.1, -0.05) is 45.6 Å². The van der Waals surface area contributed by atoms with Gasteiger partial charge in [-0.05, 0) is 24.5 Å². The summed E-state index contributed by atoms with van der Waals surface area (Å²) in [6.45, 7) is 13.6. The maximum absolute atomic E-state index is 12.9. The second-order valence-electron chi connectivity index (χ2n) is 11.1. The first-order chi connectivity index (χ1) is 16.3. The van der Waals surface area contributed by atoms with Crippen LogP contribution in [0.4, 0.5) is 0 Å². The second-order valence-corrected chi connectivity index (χ2v) is 13.1. The number of allylic oxidation sites excluding steroid dienone is 1. The van der Waals surface area contributed by atoms with Crippen molar-refractivity contribution in [1.29, 1.82) is 0 Å². The van der Waals surface area contributed by atoms with Crippen LogP contribution in [-0.2, 0) is 23.6 Å². The number of fused-ring (bicyclic) bond motifs is 1. The van der Waals surface area contributed by atoms with Crippen molar-refractivity contribution in [2.45, 2.75) is 53.1 Å². The van der Waals surface area contributed by atoms with E-state index >= 15 is 0 Å². The number of aryl methyl sites for hydroxylation is 1. The van der Waals surface area contributed by atoms with Gasteiger partial charge in [-0.2, -0.15) is 4.31 Å². The van der Waals surface area contributed by atoms with Crippen molar-refractivity contribution in [1.82, 2.24) is 23.3 Å². The largest absolute Gasteiger partial charge is 0.330 e. The molecule has 190 valence electrons. The molecule has 0 aromatic carbocycles. The van der Waals surface area contributed by atoms with Crippen molar-refractivity contribution >= 4 is 21.2 Å². The predicted molar refractivity (Wildman–Crippen MR) is 140 cm³/mol. The first kappa shape index (κ1) is 25.7. The molecule has 0 amide bonds. The van der Waals surface area contributed by atoms with E-state index in [0.717, 1.165) is 16.8 Å². The SMILES string of the molecule is CC1C#CC(C(C)N2CCN(S(C)(=O)=O)CC2)=CC1c1ccc2c(n1)n(C)c(=O)n2CC(C)(C)C. The summed E-state index contributed by atoms with van der Waals surface area (Å²) >= 11 is 0. The Balaban J connectivity index is 1.61. The van der Waals surface area contributed by atoms with Gasteiger partial charge in [0, 0.05) is 63.2 Å². The quantitative estimate of drug-likeness (QED) is 0.591. The van der Waals surface area contributed by atoms with Gasteiger partial charge in [0.05, 0.1) is 17.5 Å². The van der Waals surface area contributed by atoms with Gasteiger partial charge in [-0.3, -0.25) is 14.0 Å². The summed E-state index contributed by atoms with van der Waals surface area (Å²) in [6, 6.07) is 4.14. The van der Waals surface area contributed by atoms with Crippen LogP contribution in [0.5, 0.6) is 0 Å². The molecule has 0 radical (unpaired) electrons. The van der Waals surface area contributed by atoms with Crippen molar-refractivity contribution in [2.75, 3.05) is 32.4 Å².